The highest BCUT2D eigenvalue weighted by Crippen LogP contribution is 2.16. The molecule has 0 atom stereocenters. The summed E-state index contributed by atoms with van der Waals surface area (Å²) in [7, 11) is 0. The van der Waals surface area contributed by atoms with Crippen molar-refractivity contribution in [1.29, 1.82) is 0 Å². The third-order valence-electron chi connectivity index (χ3n) is 3.49. The number of carbonyl (C=O) groups is 2. The molecule has 0 heterocycles. The maximum atomic E-state index is 12.0. The highest BCUT2D eigenvalue weighted by molar-refractivity contribution is 6.00. The van der Waals surface area contributed by atoms with Crippen LogP contribution in [0, 0.1) is 6.92 Å². The van der Waals surface area contributed by atoms with E-state index in [1.165, 1.54) is 5.56 Å². The van der Waals surface area contributed by atoms with Gasteiger partial charge >= 0.3 is 12.0 Å². The molecule has 2 aromatic carbocycles. The number of benzene rings is 2. The number of aryl methyl sites for hydroxylation is 1. The summed E-state index contributed by atoms with van der Waals surface area (Å²) >= 11 is 0. The molecule has 2 amide bonds. The Balaban J connectivity index is 1.88. The molecular formula is C19H22N2O3. The fraction of sp³-hybridized carbons (Fsp3) is 0.263. The van der Waals surface area contributed by atoms with Crippen molar-refractivity contribution < 1.29 is 14.3 Å². The number of amides is 2. The van der Waals surface area contributed by atoms with Gasteiger partial charge in [0, 0.05) is 6.54 Å². The number of anilines is 1. The Kier molecular flexibility index (Phi) is 6.37. The van der Waals surface area contributed by atoms with Crippen LogP contribution in [0.25, 0.3) is 0 Å². The average molecular weight is 326 g/mol. The lowest BCUT2D eigenvalue weighted by Gasteiger charge is -2.11. The first-order valence-electron chi connectivity index (χ1n) is 7.96. The largest absolute Gasteiger partial charge is 0.462 e. The number of hydrogen-bond donors (Lipinski definition) is 2. The van der Waals surface area contributed by atoms with Crippen LogP contribution in [0.5, 0.6) is 0 Å². The van der Waals surface area contributed by atoms with Gasteiger partial charge in [-0.3, -0.25) is 0 Å². The molecule has 0 bridgehead atoms. The second kappa shape index (κ2) is 8.72. The fourth-order valence-electron chi connectivity index (χ4n) is 2.22. The molecule has 0 aliphatic carbocycles. The molecule has 0 saturated carbocycles. The lowest BCUT2D eigenvalue weighted by molar-refractivity contribution is 0.0527. The van der Waals surface area contributed by atoms with Gasteiger partial charge < -0.3 is 15.4 Å². The molecule has 0 aliphatic heterocycles. The van der Waals surface area contributed by atoms with Gasteiger partial charge in [-0.2, -0.15) is 0 Å². The van der Waals surface area contributed by atoms with Crippen molar-refractivity contribution in [3.05, 3.63) is 65.2 Å². The molecule has 0 aliphatic rings. The molecule has 126 valence electrons. The lowest BCUT2D eigenvalue weighted by atomic mass is 10.1. The van der Waals surface area contributed by atoms with Gasteiger partial charge in [0.25, 0.3) is 0 Å². The summed E-state index contributed by atoms with van der Waals surface area (Å²) in [5.41, 5.74) is 3.14. The zero-order chi connectivity index (χ0) is 17.4. The number of rotatable bonds is 6. The third-order valence-corrected chi connectivity index (χ3v) is 3.49. The Morgan fingerprint density at radius 2 is 1.75 bits per heavy atom. The summed E-state index contributed by atoms with van der Waals surface area (Å²) in [6.45, 7) is 4.58. The molecule has 0 spiro atoms. The Morgan fingerprint density at radius 1 is 1.04 bits per heavy atom. The van der Waals surface area contributed by atoms with Crippen LogP contribution in [0.1, 0.15) is 28.4 Å². The van der Waals surface area contributed by atoms with Gasteiger partial charge in [0.15, 0.2) is 0 Å². The summed E-state index contributed by atoms with van der Waals surface area (Å²) in [5.74, 6) is -0.451. The van der Waals surface area contributed by atoms with Crippen molar-refractivity contribution in [1.82, 2.24) is 5.32 Å². The number of hydrogen-bond acceptors (Lipinski definition) is 3. The van der Waals surface area contributed by atoms with Crippen LogP contribution < -0.4 is 10.6 Å². The molecular weight excluding hydrogens is 304 g/mol. The van der Waals surface area contributed by atoms with Crippen LogP contribution in [0.2, 0.25) is 0 Å². The van der Waals surface area contributed by atoms with Crippen molar-refractivity contribution in [3.8, 4) is 0 Å². The van der Waals surface area contributed by atoms with E-state index in [-0.39, 0.29) is 12.6 Å². The van der Waals surface area contributed by atoms with Gasteiger partial charge in [-0.25, -0.2) is 9.59 Å². The van der Waals surface area contributed by atoms with E-state index in [2.05, 4.69) is 10.6 Å². The van der Waals surface area contributed by atoms with Gasteiger partial charge in [0.1, 0.15) is 0 Å². The molecule has 2 N–H and O–H groups in total. The average Bonchev–Trinajstić information content (AvgIpc) is 2.57. The number of esters is 1. The fourth-order valence-corrected chi connectivity index (χ4v) is 2.22. The maximum absolute atomic E-state index is 12.0. The third kappa shape index (κ3) is 5.12. The van der Waals surface area contributed by atoms with Gasteiger partial charge in [0.05, 0.1) is 17.9 Å². The molecule has 0 saturated heterocycles. The van der Waals surface area contributed by atoms with E-state index in [9.17, 15) is 9.59 Å². The quantitative estimate of drug-likeness (QED) is 0.798. The summed E-state index contributed by atoms with van der Waals surface area (Å²) in [6, 6.07) is 14.6. The zero-order valence-corrected chi connectivity index (χ0v) is 14.0. The number of urea groups is 1. The minimum absolute atomic E-state index is 0.288. The maximum Gasteiger partial charge on any atom is 0.340 e. The monoisotopic (exact) mass is 326 g/mol. The number of para-hydroxylation sites is 1. The predicted molar refractivity (Wildman–Crippen MR) is 94.3 cm³/mol. The van der Waals surface area contributed by atoms with Gasteiger partial charge in [-0.1, -0.05) is 42.0 Å². The molecule has 5 heteroatoms. The SMILES string of the molecule is CCOC(=O)c1ccccc1NC(=O)NCCc1ccc(C)cc1. The van der Waals surface area contributed by atoms with Gasteiger partial charge in [0.2, 0.25) is 0 Å². The summed E-state index contributed by atoms with van der Waals surface area (Å²) in [4.78, 5) is 23.9. The lowest BCUT2D eigenvalue weighted by Crippen LogP contribution is -2.31. The van der Waals surface area contributed by atoms with E-state index in [4.69, 9.17) is 4.74 Å². The number of carbonyl (C=O) groups excluding carboxylic acids is 2. The zero-order valence-electron chi connectivity index (χ0n) is 14.0. The summed E-state index contributed by atoms with van der Waals surface area (Å²) in [5, 5.41) is 5.48. The van der Waals surface area contributed by atoms with Gasteiger partial charge in [-0.15, -0.1) is 0 Å². The standard InChI is InChI=1S/C19H22N2O3/c1-3-24-18(22)16-6-4-5-7-17(16)21-19(23)20-13-12-15-10-8-14(2)9-11-15/h4-11H,3,12-13H2,1-2H3,(H2,20,21,23). The minimum Gasteiger partial charge on any atom is -0.462 e. The molecule has 24 heavy (non-hydrogen) atoms. The summed E-state index contributed by atoms with van der Waals surface area (Å²) < 4.78 is 4.99. The van der Waals surface area contributed by atoms with Crippen LogP contribution in [0.4, 0.5) is 10.5 Å². The molecule has 2 rings (SSSR count). The van der Waals surface area contributed by atoms with Crippen LogP contribution in [-0.4, -0.2) is 25.2 Å². The molecule has 5 nitrogen and oxygen atoms in total. The smallest absolute Gasteiger partial charge is 0.340 e. The van der Waals surface area contributed by atoms with Crippen LogP contribution >= 0.6 is 0 Å². The topological polar surface area (TPSA) is 67.4 Å². The van der Waals surface area contributed by atoms with Crippen LogP contribution in [0.15, 0.2) is 48.5 Å². The first kappa shape index (κ1) is 17.5. The van der Waals surface area contributed by atoms with Crippen molar-refractivity contribution in [2.75, 3.05) is 18.5 Å². The van der Waals surface area contributed by atoms with E-state index in [0.29, 0.717) is 17.8 Å². The van der Waals surface area contributed by atoms with E-state index in [0.717, 1.165) is 12.0 Å². The van der Waals surface area contributed by atoms with Crippen molar-refractivity contribution in [2.24, 2.45) is 0 Å². The minimum atomic E-state index is -0.451. The first-order chi connectivity index (χ1) is 11.6. The molecule has 0 fully saturated rings. The van der Waals surface area contributed by atoms with Crippen molar-refractivity contribution >= 4 is 17.7 Å². The Hall–Kier alpha value is -2.82. The summed E-state index contributed by atoms with van der Waals surface area (Å²) in [6.07, 6.45) is 0.743. The molecule has 2 aromatic rings. The predicted octanol–water partition coefficient (Wildman–Crippen LogP) is 3.54. The van der Waals surface area contributed by atoms with E-state index < -0.39 is 5.97 Å². The van der Waals surface area contributed by atoms with Crippen molar-refractivity contribution in [2.45, 2.75) is 20.3 Å². The second-order valence-electron chi connectivity index (χ2n) is 5.38. The normalized spacial score (nSPS) is 10.1. The Morgan fingerprint density at radius 3 is 2.46 bits per heavy atom. The highest BCUT2D eigenvalue weighted by atomic mass is 16.5. The van der Waals surface area contributed by atoms with E-state index in [1.54, 1.807) is 31.2 Å². The number of ether oxygens (including phenoxy) is 1. The Bertz CT molecular complexity index is 696. The second-order valence-corrected chi connectivity index (χ2v) is 5.38. The van der Waals surface area contributed by atoms with Crippen LogP contribution in [0.3, 0.4) is 0 Å². The molecule has 0 aromatic heterocycles. The Labute approximate surface area is 142 Å². The number of nitrogens with one attached hydrogen (secondary N) is 2. The highest BCUT2D eigenvalue weighted by Gasteiger charge is 2.13. The van der Waals surface area contributed by atoms with Gasteiger partial charge in [-0.05, 0) is 38.0 Å². The van der Waals surface area contributed by atoms with E-state index in [1.807, 2.05) is 31.2 Å². The molecule has 0 radical (unpaired) electrons. The molecule has 0 unspecified atom stereocenters. The van der Waals surface area contributed by atoms with E-state index >= 15 is 0 Å². The first-order valence-corrected chi connectivity index (χ1v) is 7.96. The van der Waals surface area contributed by atoms with Crippen molar-refractivity contribution in [3.63, 3.8) is 0 Å². The van der Waals surface area contributed by atoms with Crippen LogP contribution in [-0.2, 0) is 11.2 Å².